The van der Waals surface area contributed by atoms with Gasteiger partial charge in [0.05, 0.1) is 0 Å². The number of halogens is 2. The molecule has 4 heteroatoms. The Bertz CT molecular complexity index is 540. The maximum absolute atomic E-state index is 9.24. The van der Waals surface area contributed by atoms with Crippen LogP contribution in [0.25, 0.3) is 0 Å². The lowest BCUT2D eigenvalue weighted by Gasteiger charge is -2.17. The van der Waals surface area contributed by atoms with Gasteiger partial charge in [-0.25, -0.2) is 0 Å². The molecule has 0 aliphatic heterocycles. The first kappa shape index (κ1) is 13.4. The fourth-order valence-electron chi connectivity index (χ4n) is 1.74. The zero-order valence-corrected chi connectivity index (χ0v) is 13.0. The Morgan fingerprint density at radius 1 is 1.06 bits per heavy atom. The molecule has 0 aliphatic rings. The number of phenols is 1. The van der Waals surface area contributed by atoms with Crippen LogP contribution in [0.15, 0.2) is 51.4 Å². The Labute approximate surface area is 123 Å². The van der Waals surface area contributed by atoms with Crippen LogP contribution in [-0.4, -0.2) is 5.11 Å². The van der Waals surface area contributed by atoms with E-state index in [1.54, 1.807) is 12.1 Å². The minimum absolute atomic E-state index is 0.178. The highest BCUT2D eigenvalue weighted by Crippen LogP contribution is 2.29. The van der Waals surface area contributed by atoms with Crippen molar-refractivity contribution in [3.63, 3.8) is 0 Å². The minimum Gasteiger partial charge on any atom is -0.508 e. The molecule has 0 fully saturated rings. The molecular formula is C14H13Br2NO. The van der Waals surface area contributed by atoms with Crippen molar-refractivity contribution in [3.8, 4) is 5.75 Å². The maximum atomic E-state index is 9.24. The highest BCUT2D eigenvalue weighted by atomic mass is 79.9. The third-order valence-corrected chi connectivity index (χ3v) is 3.86. The number of anilines is 1. The molecule has 0 amide bonds. The van der Waals surface area contributed by atoms with Crippen LogP contribution in [0.5, 0.6) is 5.75 Å². The average molecular weight is 371 g/mol. The number of hydrogen-bond acceptors (Lipinski definition) is 2. The summed E-state index contributed by atoms with van der Waals surface area (Å²) in [5, 5.41) is 12.6. The lowest BCUT2D eigenvalue weighted by molar-refractivity contribution is 0.475. The zero-order chi connectivity index (χ0) is 13.1. The first-order chi connectivity index (χ1) is 8.56. The zero-order valence-electron chi connectivity index (χ0n) is 9.82. The standard InChI is InChI=1S/C14H13Br2NO/c1-9(13-7-2-10(15)8-14(13)16)17-11-3-5-12(18)6-4-11/h2-9,17-18H,1H3. The summed E-state index contributed by atoms with van der Waals surface area (Å²) in [6.07, 6.45) is 0. The van der Waals surface area contributed by atoms with E-state index < -0.39 is 0 Å². The molecule has 0 bridgehead atoms. The number of nitrogens with one attached hydrogen (secondary N) is 1. The smallest absolute Gasteiger partial charge is 0.115 e. The number of rotatable bonds is 3. The van der Waals surface area contributed by atoms with E-state index in [0.29, 0.717) is 0 Å². The van der Waals surface area contributed by atoms with Crippen molar-refractivity contribution in [1.82, 2.24) is 0 Å². The van der Waals surface area contributed by atoms with E-state index in [2.05, 4.69) is 50.2 Å². The van der Waals surface area contributed by atoms with Crippen molar-refractivity contribution in [1.29, 1.82) is 0 Å². The summed E-state index contributed by atoms with van der Waals surface area (Å²) in [5.74, 6) is 0.276. The molecule has 2 rings (SSSR count). The van der Waals surface area contributed by atoms with Gasteiger partial charge in [-0.3, -0.25) is 0 Å². The molecule has 0 saturated heterocycles. The van der Waals surface area contributed by atoms with Gasteiger partial charge in [0.2, 0.25) is 0 Å². The van der Waals surface area contributed by atoms with Crippen molar-refractivity contribution in [3.05, 3.63) is 57.0 Å². The van der Waals surface area contributed by atoms with E-state index >= 15 is 0 Å². The van der Waals surface area contributed by atoms with Crippen LogP contribution in [0.4, 0.5) is 5.69 Å². The second-order valence-electron chi connectivity index (χ2n) is 4.08. The van der Waals surface area contributed by atoms with Gasteiger partial charge in [-0.05, 0) is 48.9 Å². The summed E-state index contributed by atoms with van der Waals surface area (Å²) >= 11 is 7.00. The molecular weight excluding hydrogens is 358 g/mol. The molecule has 0 spiro atoms. The Morgan fingerprint density at radius 3 is 2.33 bits per heavy atom. The van der Waals surface area contributed by atoms with Crippen molar-refractivity contribution in [2.24, 2.45) is 0 Å². The minimum atomic E-state index is 0.178. The van der Waals surface area contributed by atoms with Gasteiger partial charge in [-0.2, -0.15) is 0 Å². The van der Waals surface area contributed by atoms with Gasteiger partial charge >= 0.3 is 0 Å². The molecule has 2 aromatic carbocycles. The first-order valence-electron chi connectivity index (χ1n) is 5.57. The lowest BCUT2D eigenvalue weighted by Crippen LogP contribution is -2.07. The highest BCUT2D eigenvalue weighted by Gasteiger charge is 2.09. The van der Waals surface area contributed by atoms with Gasteiger partial charge in [0.1, 0.15) is 5.75 Å². The van der Waals surface area contributed by atoms with Gasteiger partial charge in [0, 0.05) is 20.7 Å². The van der Waals surface area contributed by atoms with Gasteiger partial charge in [0.15, 0.2) is 0 Å². The van der Waals surface area contributed by atoms with Crippen LogP contribution in [0, 0.1) is 0 Å². The van der Waals surface area contributed by atoms with Gasteiger partial charge < -0.3 is 10.4 Å². The molecule has 1 atom stereocenters. The van der Waals surface area contributed by atoms with Crippen LogP contribution in [-0.2, 0) is 0 Å². The van der Waals surface area contributed by atoms with E-state index in [4.69, 9.17) is 0 Å². The molecule has 0 saturated carbocycles. The number of hydrogen-bond donors (Lipinski definition) is 2. The topological polar surface area (TPSA) is 32.3 Å². The fourth-order valence-corrected chi connectivity index (χ4v) is 3.13. The second-order valence-corrected chi connectivity index (χ2v) is 5.85. The van der Waals surface area contributed by atoms with Crippen molar-refractivity contribution >= 4 is 37.5 Å². The van der Waals surface area contributed by atoms with Crippen LogP contribution in [0.1, 0.15) is 18.5 Å². The van der Waals surface area contributed by atoms with Crippen LogP contribution in [0.3, 0.4) is 0 Å². The normalized spacial score (nSPS) is 12.2. The summed E-state index contributed by atoms with van der Waals surface area (Å²) in [6, 6.07) is 13.4. The Balaban J connectivity index is 2.16. The predicted octanol–water partition coefficient (Wildman–Crippen LogP) is 5.09. The monoisotopic (exact) mass is 369 g/mol. The number of phenolic OH excluding ortho intramolecular Hbond substituents is 1. The molecule has 0 aliphatic carbocycles. The van der Waals surface area contributed by atoms with Crippen LogP contribution in [0.2, 0.25) is 0 Å². The third-order valence-electron chi connectivity index (χ3n) is 2.68. The molecule has 2 aromatic rings. The molecule has 0 aromatic heterocycles. The van der Waals surface area contributed by atoms with Gasteiger partial charge in [0.25, 0.3) is 0 Å². The maximum Gasteiger partial charge on any atom is 0.115 e. The Hall–Kier alpha value is -1.000. The fraction of sp³-hybridized carbons (Fsp3) is 0.143. The van der Waals surface area contributed by atoms with Crippen molar-refractivity contribution in [2.45, 2.75) is 13.0 Å². The molecule has 1 unspecified atom stereocenters. The van der Waals surface area contributed by atoms with Crippen molar-refractivity contribution in [2.75, 3.05) is 5.32 Å². The van der Waals surface area contributed by atoms with Crippen LogP contribution < -0.4 is 5.32 Å². The molecule has 2 N–H and O–H groups in total. The molecule has 94 valence electrons. The van der Waals surface area contributed by atoms with E-state index in [1.165, 1.54) is 5.56 Å². The van der Waals surface area contributed by atoms with Crippen LogP contribution >= 0.6 is 31.9 Å². The predicted molar refractivity (Wildman–Crippen MR) is 82.0 cm³/mol. The number of aromatic hydroxyl groups is 1. The van der Waals surface area contributed by atoms with E-state index in [-0.39, 0.29) is 11.8 Å². The summed E-state index contributed by atoms with van der Waals surface area (Å²) in [6.45, 7) is 2.10. The SMILES string of the molecule is CC(Nc1ccc(O)cc1)c1ccc(Br)cc1Br. The summed E-state index contributed by atoms with van der Waals surface area (Å²) in [5.41, 5.74) is 2.17. The first-order valence-corrected chi connectivity index (χ1v) is 7.15. The molecule has 0 heterocycles. The average Bonchev–Trinajstić information content (AvgIpc) is 2.32. The molecule has 18 heavy (non-hydrogen) atoms. The quantitative estimate of drug-likeness (QED) is 0.737. The largest absolute Gasteiger partial charge is 0.508 e. The molecule has 0 radical (unpaired) electrons. The third kappa shape index (κ3) is 3.27. The summed E-state index contributed by atoms with van der Waals surface area (Å²) < 4.78 is 2.12. The van der Waals surface area contributed by atoms with E-state index in [9.17, 15) is 5.11 Å². The lowest BCUT2D eigenvalue weighted by atomic mass is 10.1. The van der Waals surface area contributed by atoms with Gasteiger partial charge in [-0.1, -0.05) is 37.9 Å². The summed E-state index contributed by atoms with van der Waals surface area (Å²) in [4.78, 5) is 0. The molecule has 2 nitrogen and oxygen atoms in total. The number of benzene rings is 2. The van der Waals surface area contributed by atoms with Gasteiger partial charge in [-0.15, -0.1) is 0 Å². The highest BCUT2D eigenvalue weighted by molar-refractivity contribution is 9.11. The van der Waals surface area contributed by atoms with Crippen molar-refractivity contribution < 1.29 is 5.11 Å². The second kappa shape index (κ2) is 5.76. The van der Waals surface area contributed by atoms with E-state index in [1.807, 2.05) is 24.3 Å². The Kier molecular flexibility index (Phi) is 4.30. The Morgan fingerprint density at radius 2 is 1.72 bits per heavy atom. The van der Waals surface area contributed by atoms with E-state index in [0.717, 1.165) is 14.6 Å². The summed E-state index contributed by atoms with van der Waals surface area (Å²) in [7, 11) is 0.